The predicted octanol–water partition coefficient (Wildman–Crippen LogP) is 6.04. The molecule has 0 atom stereocenters. The number of benzene rings is 2. The monoisotopic (exact) mass is 530 g/mol. The molecule has 1 aliphatic heterocycles. The molecule has 2 aromatic carbocycles. The average Bonchev–Trinajstić information content (AvgIpc) is 2.96. The minimum absolute atomic E-state index is 0.0246. The maximum absolute atomic E-state index is 14.0. The fourth-order valence-corrected chi connectivity index (χ4v) is 7.49. The molecular formula is C27H34N2O5S2. The average molecular weight is 531 g/mol. The Bertz CT molecular complexity index is 1210. The van der Waals surface area contributed by atoms with Gasteiger partial charge in [-0.05, 0) is 49.4 Å². The van der Waals surface area contributed by atoms with E-state index in [1.807, 2.05) is 18.4 Å². The van der Waals surface area contributed by atoms with Gasteiger partial charge >= 0.3 is 5.97 Å². The molecule has 2 aromatic rings. The van der Waals surface area contributed by atoms with Gasteiger partial charge in [-0.25, -0.2) is 13.2 Å². The van der Waals surface area contributed by atoms with Gasteiger partial charge in [-0.2, -0.15) is 5.26 Å². The Kier molecular flexibility index (Phi) is 9.31. The number of hydrogen-bond donors (Lipinski definition) is 1. The van der Waals surface area contributed by atoms with Crippen LogP contribution in [0.2, 0.25) is 0 Å². The molecule has 36 heavy (non-hydrogen) atoms. The van der Waals surface area contributed by atoms with Crippen molar-refractivity contribution in [3.63, 3.8) is 0 Å². The molecule has 0 bridgehead atoms. The predicted molar refractivity (Wildman–Crippen MR) is 143 cm³/mol. The summed E-state index contributed by atoms with van der Waals surface area (Å²) in [6.45, 7) is 4.21. The number of carboxylic acids is 1. The number of hydrogen-bond acceptors (Lipinski definition) is 7. The van der Waals surface area contributed by atoms with Crippen LogP contribution in [0.15, 0.2) is 46.2 Å². The Balaban J connectivity index is 2.25. The number of rotatable bonds is 11. The number of nitriles is 1. The van der Waals surface area contributed by atoms with E-state index in [1.54, 1.807) is 18.2 Å². The maximum atomic E-state index is 14.0. The molecule has 7 nitrogen and oxygen atoms in total. The molecule has 3 rings (SSSR count). The lowest BCUT2D eigenvalue weighted by molar-refractivity contribution is -0.139. The number of fused-ring (bicyclic) bond motifs is 1. The van der Waals surface area contributed by atoms with Crippen LogP contribution >= 0.6 is 11.8 Å². The molecule has 0 spiro atoms. The Morgan fingerprint density at radius 2 is 1.81 bits per heavy atom. The molecule has 0 amide bonds. The summed E-state index contributed by atoms with van der Waals surface area (Å²) in [6, 6.07) is 12.6. The SMILES string of the molecule is CCCCC1(CCCC)CN(c2ccc(C#N)cc2)c2cc(SC)c(OCC(=O)O)cc2S(=O)(=O)C1. The zero-order chi connectivity index (χ0) is 26.3. The lowest BCUT2D eigenvalue weighted by Crippen LogP contribution is -2.38. The van der Waals surface area contributed by atoms with Crippen molar-refractivity contribution in [1.29, 1.82) is 5.26 Å². The molecule has 0 aromatic heterocycles. The summed E-state index contributed by atoms with van der Waals surface area (Å²) in [5.41, 5.74) is 1.46. The summed E-state index contributed by atoms with van der Waals surface area (Å²) in [5.74, 6) is -0.852. The number of thioether (sulfide) groups is 1. The molecule has 9 heteroatoms. The maximum Gasteiger partial charge on any atom is 0.341 e. The van der Waals surface area contributed by atoms with Gasteiger partial charge in [-0.15, -0.1) is 11.8 Å². The number of carbonyl (C=O) groups is 1. The minimum Gasteiger partial charge on any atom is -0.481 e. The van der Waals surface area contributed by atoms with Crippen molar-refractivity contribution < 1.29 is 23.1 Å². The molecule has 0 unspecified atom stereocenters. The van der Waals surface area contributed by atoms with Gasteiger partial charge in [0.1, 0.15) is 5.75 Å². The van der Waals surface area contributed by atoms with Crippen molar-refractivity contribution >= 4 is 38.9 Å². The Labute approximate surface area is 218 Å². The van der Waals surface area contributed by atoms with Crippen LogP contribution < -0.4 is 9.64 Å². The first-order chi connectivity index (χ1) is 17.2. The van der Waals surface area contributed by atoms with Gasteiger partial charge in [0.05, 0.1) is 32.9 Å². The van der Waals surface area contributed by atoms with Crippen molar-refractivity contribution in [3.8, 4) is 11.8 Å². The fraction of sp³-hybridized carbons (Fsp3) is 0.481. The molecule has 194 valence electrons. The van der Waals surface area contributed by atoms with Crippen molar-refractivity contribution in [1.82, 2.24) is 0 Å². The number of carboxylic acid groups (broad SMARTS) is 1. The van der Waals surface area contributed by atoms with Gasteiger partial charge in [0.15, 0.2) is 16.4 Å². The molecule has 1 aliphatic rings. The summed E-state index contributed by atoms with van der Waals surface area (Å²) >= 11 is 1.38. The van der Waals surface area contributed by atoms with Gasteiger partial charge in [0.25, 0.3) is 0 Å². The Hall–Kier alpha value is -2.70. The number of unbranched alkanes of at least 4 members (excludes halogenated alkanes) is 2. The smallest absolute Gasteiger partial charge is 0.341 e. The summed E-state index contributed by atoms with van der Waals surface area (Å²) in [7, 11) is -3.72. The standard InChI is InChI=1S/C27H34N2O5S2/c1-4-6-12-27(13-7-5-2)18-29(21-10-8-20(16-28)9-11-21)22-14-24(35-3)23(34-17-26(30)31)15-25(22)36(32,33)19-27/h8-11,14-15H,4-7,12-13,17-19H2,1-3H3,(H,30,31). The zero-order valence-corrected chi connectivity index (χ0v) is 22.8. The number of ether oxygens (including phenoxy) is 1. The first kappa shape index (κ1) is 27.9. The van der Waals surface area contributed by atoms with Gasteiger partial charge in [0.2, 0.25) is 0 Å². The van der Waals surface area contributed by atoms with Crippen LogP contribution in [-0.2, 0) is 14.6 Å². The topological polar surface area (TPSA) is 108 Å². The quantitative estimate of drug-likeness (QED) is 0.351. The normalized spacial score (nSPS) is 16.0. The van der Waals surface area contributed by atoms with E-state index in [2.05, 4.69) is 24.8 Å². The van der Waals surface area contributed by atoms with E-state index in [0.717, 1.165) is 44.2 Å². The van der Waals surface area contributed by atoms with Crippen molar-refractivity contribution in [2.75, 3.05) is 30.1 Å². The van der Waals surface area contributed by atoms with Gasteiger partial charge in [-0.3, -0.25) is 0 Å². The second-order valence-corrected chi connectivity index (χ2v) is 12.2. The fourth-order valence-electron chi connectivity index (χ4n) is 4.83. The molecule has 0 radical (unpaired) electrons. The van der Waals surface area contributed by atoms with Crippen molar-refractivity contribution in [2.24, 2.45) is 5.41 Å². The third-order valence-corrected chi connectivity index (χ3v) is 9.39. The van der Waals surface area contributed by atoms with Crippen LogP contribution in [0.1, 0.15) is 57.9 Å². The largest absolute Gasteiger partial charge is 0.481 e. The van der Waals surface area contributed by atoms with E-state index in [4.69, 9.17) is 9.84 Å². The van der Waals surface area contributed by atoms with Gasteiger partial charge in [0, 0.05) is 23.7 Å². The van der Waals surface area contributed by atoms with E-state index in [0.29, 0.717) is 22.7 Å². The summed E-state index contributed by atoms with van der Waals surface area (Å²) in [4.78, 5) is 14.0. The van der Waals surface area contributed by atoms with Crippen LogP contribution in [0.5, 0.6) is 5.75 Å². The lowest BCUT2D eigenvalue weighted by atomic mass is 9.79. The van der Waals surface area contributed by atoms with Crippen molar-refractivity contribution in [2.45, 2.75) is 62.2 Å². The second-order valence-electron chi connectivity index (χ2n) is 9.36. The molecule has 1 N–H and O–H groups in total. The van der Waals surface area contributed by atoms with E-state index in [9.17, 15) is 18.5 Å². The molecule has 0 saturated carbocycles. The molecule has 0 fully saturated rings. The first-order valence-corrected chi connectivity index (χ1v) is 15.1. The highest BCUT2D eigenvalue weighted by atomic mass is 32.2. The third-order valence-electron chi connectivity index (χ3n) is 6.64. The highest BCUT2D eigenvalue weighted by Crippen LogP contribution is 2.47. The van der Waals surface area contributed by atoms with E-state index < -0.39 is 27.8 Å². The first-order valence-electron chi connectivity index (χ1n) is 12.3. The highest BCUT2D eigenvalue weighted by Gasteiger charge is 2.42. The molecule has 1 heterocycles. The van der Waals surface area contributed by atoms with E-state index in [1.165, 1.54) is 17.8 Å². The molecule has 0 aliphatic carbocycles. The van der Waals surface area contributed by atoms with E-state index in [-0.39, 0.29) is 16.4 Å². The van der Waals surface area contributed by atoms with Crippen LogP contribution in [0, 0.1) is 16.7 Å². The molecular weight excluding hydrogens is 496 g/mol. The van der Waals surface area contributed by atoms with Crippen LogP contribution in [-0.4, -0.2) is 44.7 Å². The number of anilines is 2. The minimum atomic E-state index is -3.72. The van der Waals surface area contributed by atoms with Crippen LogP contribution in [0.4, 0.5) is 11.4 Å². The number of sulfone groups is 1. The van der Waals surface area contributed by atoms with Gasteiger partial charge in [-0.1, -0.05) is 39.5 Å². The summed E-state index contributed by atoms with van der Waals surface area (Å²) < 4.78 is 33.4. The van der Waals surface area contributed by atoms with Crippen LogP contribution in [0.25, 0.3) is 0 Å². The molecule has 0 saturated heterocycles. The third kappa shape index (κ3) is 6.34. The number of nitrogens with zero attached hydrogens (tertiary/aromatic N) is 2. The Morgan fingerprint density at radius 3 is 2.33 bits per heavy atom. The van der Waals surface area contributed by atoms with Crippen molar-refractivity contribution in [3.05, 3.63) is 42.0 Å². The highest BCUT2D eigenvalue weighted by molar-refractivity contribution is 7.98. The zero-order valence-electron chi connectivity index (χ0n) is 21.1. The van der Waals surface area contributed by atoms with Crippen LogP contribution in [0.3, 0.4) is 0 Å². The van der Waals surface area contributed by atoms with Gasteiger partial charge < -0.3 is 14.7 Å². The lowest BCUT2D eigenvalue weighted by Gasteiger charge is -2.37. The summed E-state index contributed by atoms with van der Waals surface area (Å²) in [5, 5.41) is 18.4. The number of aliphatic carboxylic acids is 1. The second kappa shape index (κ2) is 12.0. The Morgan fingerprint density at radius 1 is 1.17 bits per heavy atom. The van der Waals surface area contributed by atoms with E-state index >= 15 is 0 Å². The summed E-state index contributed by atoms with van der Waals surface area (Å²) in [6.07, 6.45) is 7.24.